The van der Waals surface area contributed by atoms with Crippen LogP contribution in [0.5, 0.6) is 0 Å². The third-order valence-electron chi connectivity index (χ3n) is 6.44. The fraction of sp³-hybridized carbons (Fsp3) is 0.484. The highest BCUT2D eigenvalue weighted by atomic mass is 16.6. The lowest BCUT2D eigenvalue weighted by Crippen LogP contribution is -2.53. The van der Waals surface area contributed by atoms with Crippen LogP contribution < -0.4 is 16.4 Å². The molecule has 0 heterocycles. The number of rotatable bonds is 11. The van der Waals surface area contributed by atoms with E-state index in [2.05, 4.69) is 10.6 Å². The Bertz CT molecular complexity index is 1210. The van der Waals surface area contributed by atoms with Crippen LogP contribution in [-0.2, 0) is 19.1 Å². The van der Waals surface area contributed by atoms with Crippen molar-refractivity contribution in [2.45, 2.75) is 92.3 Å². The summed E-state index contributed by atoms with van der Waals surface area (Å²) in [4.78, 5) is 54.3. The molecule has 2 unspecified atom stereocenters. The van der Waals surface area contributed by atoms with Gasteiger partial charge in [-0.3, -0.25) is 14.4 Å². The molecule has 0 fully saturated rings. The second kappa shape index (κ2) is 14.0. The summed E-state index contributed by atoms with van der Waals surface area (Å²) in [6.07, 6.45) is 0.0471. The van der Waals surface area contributed by atoms with Gasteiger partial charge >= 0.3 is 6.09 Å². The van der Waals surface area contributed by atoms with E-state index in [9.17, 15) is 19.2 Å². The van der Waals surface area contributed by atoms with Gasteiger partial charge in [0.1, 0.15) is 17.7 Å². The predicted molar refractivity (Wildman–Crippen MR) is 157 cm³/mol. The number of nitrogens with two attached hydrogens (primary N) is 1. The number of para-hydroxylation sites is 1. The number of unbranched alkanes of at least 4 members (excludes halogenated alkanes) is 1. The smallest absolute Gasteiger partial charge is 0.408 e. The fourth-order valence-corrected chi connectivity index (χ4v) is 4.53. The number of anilines is 1. The molecular formula is C31H44N4O5. The minimum absolute atomic E-state index is 0.221. The first kappa shape index (κ1) is 32.3. The number of amides is 4. The van der Waals surface area contributed by atoms with Crippen molar-refractivity contribution in [2.24, 2.45) is 5.73 Å². The van der Waals surface area contributed by atoms with Crippen molar-refractivity contribution in [1.82, 2.24) is 10.2 Å². The number of carbonyl (C=O) groups is 4. The van der Waals surface area contributed by atoms with Gasteiger partial charge in [0.05, 0.1) is 6.42 Å². The molecule has 2 atom stereocenters. The van der Waals surface area contributed by atoms with Gasteiger partial charge in [-0.25, -0.2) is 4.79 Å². The maximum atomic E-state index is 14.1. The van der Waals surface area contributed by atoms with Gasteiger partial charge in [0.2, 0.25) is 11.8 Å². The molecular weight excluding hydrogens is 508 g/mol. The zero-order valence-corrected chi connectivity index (χ0v) is 25.0. The van der Waals surface area contributed by atoms with Gasteiger partial charge in [-0.1, -0.05) is 55.3 Å². The van der Waals surface area contributed by atoms with E-state index in [0.717, 1.165) is 28.7 Å². The molecule has 0 aliphatic carbocycles. The number of hydrogen-bond donors (Lipinski definition) is 3. The third kappa shape index (κ3) is 9.10. The van der Waals surface area contributed by atoms with Crippen molar-refractivity contribution in [2.75, 3.05) is 11.9 Å². The quantitative estimate of drug-likeness (QED) is 0.361. The van der Waals surface area contributed by atoms with Gasteiger partial charge < -0.3 is 26.0 Å². The maximum absolute atomic E-state index is 14.1. The molecule has 4 amide bonds. The molecule has 2 aromatic carbocycles. The number of carbonyl (C=O) groups excluding carboxylic acids is 4. The average molecular weight is 553 g/mol. The Labute approximate surface area is 237 Å². The SMILES string of the molecule is CCCCN(C(=O)C(CC(N)=O)NC(=O)OC(C)(C)C)C(C(=O)Nc1c(C)cccc1C)c1ccc(C)cc1C. The molecule has 9 heteroatoms. The average Bonchev–Trinajstić information content (AvgIpc) is 2.82. The zero-order chi connectivity index (χ0) is 30.2. The first-order valence-corrected chi connectivity index (χ1v) is 13.7. The van der Waals surface area contributed by atoms with Gasteiger partial charge in [-0.05, 0) is 77.1 Å². The van der Waals surface area contributed by atoms with E-state index >= 15 is 0 Å². The molecule has 0 aliphatic rings. The summed E-state index contributed by atoms with van der Waals surface area (Å²) in [5, 5.41) is 5.56. The summed E-state index contributed by atoms with van der Waals surface area (Å²) in [6.45, 7) is 14.9. The van der Waals surface area contributed by atoms with Gasteiger partial charge in [-0.2, -0.15) is 0 Å². The lowest BCUT2D eigenvalue weighted by Gasteiger charge is -2.35. The molecule has 2 aromatic rings. The Morgan fingerprint density at radius 3 is 2.12 bits per heavy atom. The summed E-state index contributed by atoms with van der Waals surface area (Å²) in [5.41, 5.74) is 9.60. The summed E-state index contributed by atoms with van der Waals surface area (Å²) >= 11 is 0. The zero-order valence-electron chi connectivity index (χ0n) is 25.0. The van der Waals surface area contributed by atoms with Crippen LogP contribution in [0.1, 0.15) is 80.8 Å². The molecule has 0 aromatic heterocycles. The number of aryl methyl sites for hydroxylation is 4. The van der Waals surface area contributed by atoms with Crippen molar-refractivity contribution < 1.29 is 23.9 Å². The third-order valence-corrected chi connectivity index (χ3v) is 6.44. The van der Waals surface area contributed by atoms with Crippen molar-refractivity contribution in [3.05, 3.63) is 64.2 Å². The lowest BCUT2D eigenvalue weighted by molar-refractivity contribution is -0.142. The van der Waals surface area contributed by atoms with Crippen LogP contribution in [-0.4, -0.2) is 46.9 Å². The largest absolute Gasteiger partial charge is 0.444 e. The van der Waals surface area contributed by atoms with Crippen LogP contribution in [0, 0.1) is 27.7 Å². The van der Waals surface area contributed by atoms with Gasteiger partial charge in [0.15, 0.2) is 0 Å². The highest BCUT2D eigenvalue weighted by molar-refractivity contribution is 6.00. The van der Waals surface area contributed by atoms with Crippen molar-refractivity contribution in [3.63, 3.8) is 0 Å². The molecule has 0 radical (unpaired) electrons. The molecule has 9 nitrogen and oxygen atoms in total. The molecule has 218 valence electrons. The van der Waals surface area contributed by atoms with E-state index in [0.29, 0.717) is 17.7 Å². The molecule has 0 aliphatic heterocycles. The van der Waals surface area contributed by atoms with Crippen molar-refractivity contribution in [1.29, 1.82) is 0 Å². The van der Waals surface area contributed by atoms with Crippen molar-refractivity contribution in [3.8, 4) is 0 Å². The van der Waals surface area contributed by atoms with E-state index in [1.54, 1.807) is 20.8 Å². The second-order valence-corrected chi connectivity index (χ2v) is 11.3. The molecule has 4 N–H and O–H groups in total. The van der Waals surface area contributed by atoms with E-state index < -0.39 is 47.9 Å². The first-order valence-electron chi connectivity index (χ1n) is 13.7. The minimum atomic E-state index is -1.31. The molecule has 0 spiro atoms. The fourth-order valence-electron chi connectivity index (χ4n) is 4.53. The van der Waals surface area contributed by atoms with E-state index in [4.69, 9.17) is 10.5 Å². The minimum Gasteiger partial charge on any atom is -0.444 e. The Kier molecular flexibility index (Phi) is 11.3. The van der Waals surface area contributed by atoms with Gasteiger partial charge in [0.25, 0.3) is 5.91 Å². The Balaban J connectivity index is 2.63. The Morgan fingerprint density at radius 2 is 1.60 bits per heavy atom. The van der Waals surface area contributed by atoms with Crippen LogP contribution in [0.2, 0.25) is 0 Å². The summed E-state index contributed by atoms with van der Waals surface area (Å²) < 4.78 is 5.34. The van der Waals surface area contributed by atoms with E-state index in [-0.39, 0.29) is 6.54 Å². The van der Waals surface area contributed by atoms with Crippen LogP contribution >= 0.6 is 0 Å². The number of alkyl carbamates (subject to hydrolysis) is 1. The van der Waals surface area contributed by atoms with Crippen LogP contribution in [0.4, 0.5) is 10.5 Å². The predicted octanol–water partition coefficient (Wildman–Crippen LogP) is 5.00. The van der Waals surface area contributed by atoms with Crippen LogP contribution in [0.25, 0.3) is 0 Å². The normalized spacial score (nSPS) is 12.7. The van der Waals surface area contributed by atoms with E-state index in [1.165, 1.54) is 4.90 Å². The Hall–Kier alpha value is -3.88. The van der Waals surface area contributed by atoms with Crippen LogP contribution in [0.15, 0.2) is 36.4 Å². The monoisotopic (exact) mass is 552 g/mol. The first-order chi connectivity index (χ1) is 18.6. The number of hydrogen-bond acceptors (Lipinski definition) is 5. The molecule has 40 heavy (non-hydrogen) atoms. The molecule has 0 saturated heterocycles. The molecule has 0 bridgehead atoms. The van der Waals surface area contributed by atoms with E-state index in [1.807, 2.05) is 71.0 Å². The molecule has 2 rings (SSSR count). The topological polar surface area (TPSA) is 131 Å². The number of ether oxygens (including phenoxy) is 1. The molecule has 0 saturated carbocycles. The van der Waals surface area contributed by atoms with Gasteiger partial charge in [-0.15, -0.1) is 0 Å². The number of nitrogens with one attached hydrogen (secondary N) is 2. The summed E-state index contributed by atoms with van der Waals surface area (Å²) in [7, 11) is 0. The van der Waals surface area contributed by atoms with Crippen molar-refractivity contribution >= 4 is 29.5 Å². The van der Waals surface area contributed by atoms with Crippen LogP contribution in [0.3, 0.4) is 0 Å². The lowest BCUT2D eigenvalue weighted by atomic mass is 9.95. The number of nitrogens with zero attached hydrogens (tertiary/aromatic N) is 1. The standard InChI is InChI=1S/C31H44N4O5/c1-9-10-16-35(29(38)24(18-25(32)36)33-30(39)40-31(6,7)8)27(23-15-14-19(2)17-22(23)5)28(37)34-26-20(3)12-11-13-21(26)4/h11-15,17,24,27H,9-10,16,18H2,1-8H3,(H2,32,36)(H,33,39)(H,34,37). The van der Waals surface area contributed by atoms with Gasteiger partial charge in [0, 0.05) is 12.2 Å². The second-order valence-electron chi connectivity index (χ2n) is 11.3. The highest BCUT2D eigenvalue weighted by Crippen LogP contribution is 2.30. The maximum Gasteiger partial charge on any atom is 0.408 e. The number of benzene rings is 2. The summed E-state index contributed by atoms with van der Waals surface area (Å²) in [6, 6.07) is 9.07. The summed E-state index contributed by atoms with van der Waals surface area (Å²) in [5.74, 6) is -1.77. The Morgan fingerprint density at radius 1 is 0.975 bits per heavy atom. The number of primary amides is 1. The highest BCUT2D eigenvalue weighted by Gasteiger charge is 2.37.